The Kier molecular flexibility index (Phi) is 4.15. The van der Waals surface area contributed by atoms with Crippen LogP contribution in [0.25, 0.3) is 6.08 Å². The highest BCUT2D eigenvalue weighted by molar-refractivity contribution is 7.15. The third-order valence-electron chi connectivity index (χ3n) is 2.56. The zero-order valence-corrected chi connectivity index (χ0v) is 10.9. The van der Waals surface area contributed by atoms with E-state index in [0.717, 1.165) is 23.9 Å². The molecule has 2 rings (SSSR count). The number of aldehydes is 2. The Morgan fingerprint density at radius 1 is 1.22 bits per heavy atom. The maximum Gasteiger partial charge on any atom is 0.183 e. The molecule has 0 N–H and O–H groups in total. The van der Waals surface area contributed by atoms with Gasteiger partial charge in [0.25, 0.3) is 0 Å². The third kappa shape index (κ3) is 2.46. The Hall–Kier alpha value is -1.62. The van der Waals surface area contributed by atoms with Crippen molar-refractivity contribution in [1.82, 2.24) is 0 Å². The lowest BCUT2D eigenvalue weighted by atomic mass is 10.1. The molecule has 0 atom stereocenters. The normalized spacial score (nSPS) is 14.4. The van der Waals surface area contributed by atoms with Gasteiger partial charge < -0.3 is 9.47 Å². The predicted molar refractivity (Wildman–Crippen MR) is 69.6 cm³/mol. The van der Waals surface area contributed by atoms with Crippen LogP contribution in [0, 0.1) is 0 Å². The van der Waals surface area contributed by atoms with Gasteiger partial charge in [-0.3, -0.25) is 9.59 Å². The molecule has 0 unspecified atom stereocenters. The zero-order valence-electron chi connectivity index (χ0n) is 10.1. The van der Waals surface area contributed by atoms with E-state index >= 15 is 0 Å². The quantitative estimate of drug-likeness (QED) is 0.607. The highest BCUT2D eigenvalue weighted by Crippen LogP contribution is 2.44. The Balaban J connectivity index is 2.41. The fourth-order valence-corrected chi connectivity index (χ4v) is 2.77. The highest BCUT2D eigenvalue weighted by atomic mass is 32.1. The maximum atomic E-state index is 11.0. The first-order valence-corrected chi connectivity index (χ1v) is 6.65. The van der Waals surface area contributed by atoms with Crippen LogP contribution in [0.5, 0.6) is 11.5 Å². The van der Waals surface area contributed by atoms with Gasteiger partial charge in [-0.1, -0.05) is 13.3 Å². The Morgan fingerprint density at radius 3 is 2.44 bits per heavy atom. The van der Waals surface area contributed by atoms with Crippen molar-refractivity contribution in [2.75, 3.05) is 13.2 Å². The molecule has 0 aromatic carbocycles. The van der Waals surface area contributed by atoms with E-state index in [9.17, 15) is 9.59 Å². The van der Waals surface area contributed by atoms with E-state index < -0.39 is 0 Å². The number of allylic oxidation sites excluding steroid dienone is 1. The van der Waals surface area contributed by atoms with E-state index in [1.807, 2.05) is 6.92 Å². The molecular formula is C13H14O4S. The number of rotatable bonds is 5. The van der Waals surface area contributed by atoms with Gasteiger partial charge in [-0.05, 0) is 18.1 Å². The maximum absolute atomic E-state index is 11.0. The van der Waals surface area contributed by atoms with Crippen molar-refractivity contribution in [3.05, 3.63) is 15.3 Å². The molecule has 0 saturated heterocycles. The minimum Gasteiger partial charge on any atom is -0.485 e. The second-order valence-corrected chi connectivity index (χ2v) is 4.97. The number of carbonyl (C=O) groups excluding carboxylic acids is 2. The van der Waals surface area contributed by atoms with Crippen molar-refractivity contribution < 1.29 is 19.1 Å². The Labute approximate surface area is 109 Å². The van der Waals surface area contributed by atoms with Gasteiger partial charge >= 0.3 is 0 Å². The van der Waals surface area contributed by atoms with Crippen molar-refractivity contribution in [2.45, 2.75) is 19.8 Å². The molecule has 0 fully saturated rings. The van der Waals surface area contributed by atoms with Crippen LogP contribution < -0.4 is 9.47 Å². The molecule has 0 saturated carbocycles. The molecule has 5 heteroatoms. The number of ether oxygens (including phenoxy) is 2. The number of thiophene rings is 1. The second kappa shape index (κ2) is 5.82. The summed E-state index contributed by atoms with van der Waals surface area (Å²) in [6.07, 6.45) is 5.00. The lowest BCUT2D eigenvalue weighted by Gasteiger charge is -2.15. The predicted octanol–water partition coefficient (Wildman–Crippen LogP) is 2.71. The van der Waals surface area contributed by atoms with Gasteiger partial charge in [0.1, 0.15) is 24.4 Å². The summed E-state index contributed by atoms with van der Waals surface area (Å²) in [5.41, 5.74) is 0.702. The minimum atomic E-state index is 0.448. The van der Waals surface area contributed by atoms with Crippen LogP contribution in [0.2, 0.25) is 0 Å². The summed E-state index contributed by atoms with van der Waals surface area (Å²) in [7, 11) is 0. The molecule has 1 aromatic heterocycles. The van der Waals surface area contributed by atoms with Gasteiger partial charge in [0.15, 0.2) is 17.8 Å². The SMILES string of the molecule is CCC/C(C=O)=C/c1sc(C=O)c2c1OCCO2. The Bertz CT molecular complexity index is 487. The first-order chi connectivity index (χ1) is 8.80. The van der Waals surface area contributed by atoms with Gasteiger partial charge in [0.2, 0.25) is 0 Å². The summed E-state index contributed by atoms with van der Waals surface area (Å²) in [6.45, 7) is 2.92. The summed E-state index contributed by atoms with van der Waals surface area (Å²) < 4.78 is 11.0. The van der Waals surface area contributed by atoms with E-state index in [2.05, 4.69) is 0 Å². The first-order valence-electron chi connectivity index (χ1n) is 5.83. The average Bonchev–Trinajstić information content (AvgIpc) is 2.76. The van der Waals surface area contributed by atoms with Gasteiger partial charge in [0, 0.05) is 0 Å². The molecule has 1 aliphatic rings. The average molecular weight is 266 g/mol. The van der Waals surface area contributed by atoms with Crippen LogP contribution in [0.4, 0.5) is 0 Å². The van der Waals surface area contributed by atoms with Crippen molar-refractivity contribution in [3.63, 3.8) is 0 Å². The minimum absolute atomic E-state index is 0.448. The summed E-state index contributed by atoms with van der Waals surface area (Å²) >= 11 is 1.29. The number of hydrogen-bond donors (Lipinski definition) is 0. The van der Waals surface area contributed by atoms with E-state index in [-0.39, 0.29) is 0 Å². The van der Waals surface area contributed by atoms with Crippen LogP contribution in [0.3, 0.4) is 0 Å². The molecule has 2 heterocycles. The molecule has 0 spiro atoms. The molecule has 1 aliphatic heterocycles. The second-order valence-electron chi connectivity index (χ2n) is 3.89. The lowest BCUT2D eigenvalue weighted by Crippen LogP contribution is -2.15. The molecule has 0 aliphatic carbocycles. The van der Waals surface area contributed by atoms with Crippen LogP contribution in [-0.2, 0) is 4.79 Å². The molecule has 1 aromatic rings. The smallest absolute Gasteiger partial charge is 0.183 e. The lowest BCUT2D eigenvalue weighted by molar-refractivity contribution is -0.105. The van der Waals surface area contributed by atoms with Crippen molar-refractivity contribution >= 4 is 30.0 Å². The van der Waals surface area contributed by atoms with Crippen molar-refractivity contribution in [1.29, 1.82) is 0 Å². The highest BCUT2D eigenvalue weighted by Gasteiger charge is 2.23. The summed E-state index contributed by atoms with van der Waals surface area (Å²) in [5, 5.41) is 0. The molecule has 0 radical (unpaired) electrons. The van der Waals surface area contributed by atoms with Crippen molar-refractivity contribution in [2.24, 2.45) is 0 Å². The van der Waals surface area contributed by atoms with Gasteiger partial charge in [-0.25, -0.2) is 0 Å². The fraction of sp³-hybridized carbons (Fsp3) is 0.385. The van der Waals surface area contributed by atoms with E-state index in [4.69, 9.17) is 9.47 Å². The third-order valence-corrected chi connectivity index (χ3v) is 3.59. The summed E-state index contributed by atoms with van der Waals surface area (Å²) in [4.78, 5) is 23.2. The van der Waals surface area contributed by atoms with Crippen molar-refractivity contribution in [3.8, 4) is 11.5 Å². The number of carbonyl (C=O) groups is 2. The van der Waals surface area contributed by atoms with Gasteiger partial charge in [-0.2, -0.15) is 0 Å². The molecule has 0 bridgehead atoms. The summed E-state index contributed by atoms with van der Waals surface area (Å²) in [6, 6.07) is 0. The molecule has 18 heavy (non-hydrogen) atoms. The van der Waals surface area contributed by atoms with E-state index in [0.29, 0.717) is 41.6 Å². The number of fused-ring (bicyclic) bond motifs is 1. The van der Waals surface area contributed by atoms with Crippen LogP contribution in [-0.4, -0.2) is 25.8 Å². The largest absolute Gasteiger partial charge is 0.485 e. The Morgan fingerprint density at radius 2 is 1.89 bits per heavy atom. The van der Waals surface area contributed by atoms with E-state index in [1.165, 1.54) is 11.3 Å². The number of hydrogen-bond acceptors (Lipinski definition) is 5. The topological polar surface area (TPSA) is 52.6 Å². The van der Waals surface area contributed by atoms with Crippen LogP contribution >= 0.6 is 11.3 Å². The van der Waals surface area contributed by atoms with Gasteiger partial charge in [0.05, 0.1) is 4.88 Å². The zero-order chi connectivity index (χ0) is 13.0. The van der Waals surface area contributed by atoms with Crippen LogP contribution in [0.1, 0.15) is 34.3 Å². The van der Waals surface area contributed by atoms with E-state index in [1.54, 1.807) is 6.08 Å². The first kappa shape index (κ1) is 12.8. The molecule has 4 nitrogen and oxygen atoms in total. The molecule has 96 valence electrons. The standard InChI is InChI=1S/C13H14O4S/c1-2-3-9(7-14)6-10-12-13(11(8-15)18-10)17-5-4-16-12/h6-8H,2-5H2,1H3/b9-6-. The van der Waals surface area contributed by atoms with Crippen LogP contribution in [0.15, 0.2) is 5.57 Å². The monoisotopic (exact) mass is 266 g/mol. The van der Waals surface area contributed by atoms with Gasteiger partial charge in [-0.15, -0.1) is 11.3 Å². The fourth-order valence-electron chi connectivity index (χ4n) is 1.79. The molecule has 0 amide bonds. The summed E-state index contributed by atoms with van der Waals surface area (Å²) in [5.74, 6) is 1.10. The molecular weight excluding hydrogens is 252 g/mol.